The number of guanidine groups is 1. The normalized spacial score (nSPS) is 11.6. The van der Waals surface area contributed by atoms with Crippen LogP contribution in [0.15, 0.2) is 29.3 Å². The number of para-hydroxylation sites is 1. The Kier molecular flexibility index (Phi) is 12.4. The van der Waals surface area contributed by atoms with Gasteiger partial charge in [0.25, 0.3) is 0 Å². The van der Waals surface area contributed by atoms with Crippen LogP contribution in [0.5, 0.6) is 5.75 Å². The van der Waals surface area contributed by atoms with Crippen LogP contribution >= 0.6 is 24.0 Å². The molecule has 1 aromatic rings. The van der Waals surface area contributed by atoms with Crippen LogP contribution in [0.1, 0.15) is 18.9 Å². The van der Waals surface area contributed by atoms with E-state index in [0.29, 0.717) is 32.3 Å². The van der Waals surface area contributed by atoms with Crippen LogP contribution in [0.2, 0.25) is 0 Å². The topological polar surface area (TPSA) is 54.9 Å². The summed E-state index contributed by atoms with van der Waals surface area (Å²) in [7, 11) is 1.60. The Morgan fingerprint density at radius 3 is 2.56 bits per heavy atom. The van der Waals surface area contributed by atoms with Crippen molar-refractivity contribution in [3.63, 3.8) is 0 Å². The number of nitrogens with zero attached hydrogens (tertiary/aromatic N) is 1. The molecule has 25 heavy (non-hydrogen) atoms. The lowest BCUT2D eigenvalue weighted by Gasteiger charge is -2.12. The first-order chi connectivity index (χ1) is 11.5. The molecule has 0 aliphatic carbocycles. The Labute approximate surface area is 163 Å². The highest BCUT2D eigenvalue weighted by atomic mass is 127. The van der Waals surface area contributed by atoms with Gasteiger partial charge in [0, 0.05) is 18.7 Å². The maximum absolute atomic E-state index is 12.1. The fourth-order valence-electron chi connectivity index (χ4n) is 1.88. The third-order valence-corrected chi connectivity index (χ3v) is 3.00. The standard InChI is InChI=1S/C16H24F3N3O2.HI/c1-3-20-15(21-9-8-16(17,18)19)22-10-11-24-12-13-6-4-5-7-14(13)23-2;/h4-7H,3,8-12H2,1-2H3,(H2,20,21,22);1H. The molecular weight excluding hydrogens is 450 g/mol. The summed E-state index contributed by atoms with van der Waals surface area (Å²) in [5.41, 5.74) is 0.936. The van der Waals surface area contributed by atoms with Gasteiger partial charge in [0.1, 0.15) is 5.75 Å². The molecule has 9 heteroatoms. The van der Waals surface area contributed by atoms with E-state index in [4.69, 9.17) is 9.47 Å². The van der Waals surface area contributed by atoms with Crippen LogP contribution in [0.3, 0.4) is 0 Å². The highest BCUT2D eigenvalue weighted by molar-refractivity contribution is 14.0. The summed E-state index contributed by atoms with van der Waals surface area (Å²) >= 11 is 0. The first-order valence-corrected chi connectivity index (χ1v) is 7.75. The number of hydrogen-bond acceptors (Lipinski definition) is 3. The SMILES string of the molecule is CCNC(=NCCC(F)(F)F)NCCOCc1ccccc1OC.I. The number of benzene rings is 1. The van der Waals surface area contributed by atoms with Crippen molar-refractivity contribution in [2.24, 2.45) is 4.99 Å². The van der Waals surface area contributed by atoms with Gasteiger partial charge in [-0.3, -0.25) is 4.99 Å². The highest BCUT2D eigenvalue weighted by Crippen LogP contribution is 2.19. The molecule has 0 heterocycles. The van der Waals surface area contributed by atoms with E-state index in [2.05, 4.69) is 15.6 Å². The fourth-order valence-corrected chi connectivity index (χ4v) is 1.88. The largest absolute Gasteiger partial charge is 0.496 e. The van der Waals surface area contributed by atoms with Gasteiger partial charge in [0.2, 0.25) is 0 Å². The minimum Gasteiger partial charge on any atom is -0.496 e. The van der Waals surface area contributed by atoms with E-state index >= 15 is 0 Å². The van der Waals surface area contributed by atoms with E-state index in [1.165, 1.54) is 0 Å². The van der Waals surface area contributed by atoms with Crippen LogP contribution in [0, 0.1) is 0 Å². The van der Waals surface area contributed by atoms with Crippen LogP contribution < -0.4 is 15.4 Å². The maximum atomic E-state index is 12.1. The van der Waals surface area contributed by atoms with Gasteiger partial charge < -0.3 is 20.1 Å². The molecule has 0 bridgehead atoms. The lowest BCUT2D eigenvalue weighted by molar-refractivity contribution is -0.132. The zero-order valence-electron chi connectivity index (χ0n) is 14.4. The van der Waals surface area contributed by atoms with E-state index in [0.717, 1.165) is 11.3 Å². The molecule has 0 radical (unpaired) electrons. The van der Waals surface area contributed by atoms with Crippen molar-refractivity contribution in [3.05, 3.63) is 29.8 Å². The van der Waals surface area contributed by atoms with E-state index in [1.807, 2.05) is 31.2 Å². The van der Waals surface area contributed by atoms with E-state index < -0.39 is 12.6 Å². The van der Waals surface area contributed by atoms with Gasteiger partial charge in [-0.15, -0.1) is 24.0 Å². The molecule has 0 aromatic heterocycles. The lowest BCUT2D eigenvalue weighted by atomic mass is 10.2. The predicted octanol–water partition coefficient (Wildman–Crippen LogP) is 3.34. The number of alkyl halides is 3. The number of aliphatic imine (C=N–C) groups is 1. The Morgan fingerprint density at radius 2 is 1.92 bits per heavy atom. The van der Waals surface area contributed by atoms with Gasteiger partial charge in [-0.1, -0.05) is 18.2 Å². The minimum absolute atomic E-state index is 0. The summed E-state index contributed by atoms with van der Waals surface area (Å²) in [6, 6.07) is 7.54. The van der Waals surface area contributed by atoms with Gasteiger partial charge in [0.05, 0.1) is 33.3 Å². The third kappa shape index (κ3) is 11.1. The number of nitrogens with one attached hydrogen (secondary N) is 2. The van der Waals surface area contributed by atoms with Crippen molar-refractivity contribution >= 4 is 29.9 Å². The summed E-state index contributed by atoms with van der Waals surface area (Å²) in [6.07, 6.45) is -5.13. The van der Waals surface area contributed by atoms with Crippen LogP contribution in [0.25, 0.3) is 0 Å². The second-order valence-corrected chi connectivity index (χ2v) is 4.92. The molecule has 1 rings (SSSR count). The van der Waals surface area contributed by atoms with E-state index in [9.17, 15) is 13.2 Å². The van der Waals surface area contributed by atoms with Crippen molar-refractivity contribution in [3.8, 4) is 5.75 Å². The molecule has 0 saturated carbocycles. The van der Waals surface area contributed by atoms with Gasteiger partial charge >= 0.3 is 6.18 Å². The number of rotatable bonds is 9. The molecular formula is C16H25F3IN3O2. The smallest absolute Gasteiger partial charge is 0.390 e. The number of methoxy groups -OCH3 is 1. The number of ether oxygens (including phenoxy) is 2. The van der Waals surface area contributed by atoms with Crippen molar-refractivity contribution in [2.75, 3.05) is 33.4 Å². The molecule has 1 aromatic carbocycles. The molecule has 0 spiro atoms. The van der Waals surface area contributed by atoms with Gasteiger partial charge in [0.15, 0.2) is 5.96 Å². The van der Waals surface area contributed by atoms with Crippen LogP contribution in [-0.2, 0) is 11.3 Å². The summed E-state index contributed by atoms with van der Waals surface area (Å²) in [6.45, 7) is 3.34. The van der Waals surface area contributed by atoms with E-state index in [1.54, 1.807) is 7.11 Å². The molecule has 0 fully saturated rings. The Hall–Kier alpha value is -1.23. The van der Waals surface area contributed by atoms with Gasteiger partial charge in [-0.25, -0.2) is 0 Å². The average molecular weight is 475 g/mol. The third-order valence-electron chi connectivity index (χ3n) is 3.00. The van der Waals surface area contributed by atoms with Crippen molar-refractivity contribution in [1.29, 1.82) is 0 Å². The molecule has 0 saturated heterocycles. The van der Waals surface area contributed by atoms with Crippen LogP contribution in [0.4, 0.5) is 13.2 Å². The van der Waals surface area contributed by atoms with Crippen molar-refractivity contribution in [2.45, 2.75) is 26.1 Å². The zero-order valence-corrected chi connectivity index (χ0v) is 16.7. The molecule has 5 nitrogen and oxygen atoms in total. The van der Waals surface area contributed by atoms with E-state index in [-0.39, 0.29) is 30.5 Å². The summed E-state index contributed by atoms with van der Waals surface area (Å²) in [5, 5.41) is 5.83. The lowest BCUT2D eigenvalue weighted by Crippen LogP contribution is -2.39. The van der Waals surface area contributed by atoms with Gasteiger partial charge in [-0.2, -0.15) is 13.2 Å². The monoisotopic (exact) mass is 475 g/mol. The fraction of sp³-hybridized carbons (Fsp3) is 0.562. The summed E-state index contributed by atoms with van der Waals surface area (Å²) < 4.78 is 47.2. The van der Waals surface area contributed by atoms with Crippen molar-refractivity contribution < 1.29 is 22.6 Å². The number of hydrogen-bond donors (Lipinski definition) is 2. The predicted molar refractivity (Wildman–Crippen MR) is 103 cm³/mol. The molecule has 0 aliphatic rings. The Bertz CT molecular complexity index is 514. The quantitative estimate of drug-likeness (QED) is 0.249. The zero-order chi connectivity index (χ0) is 17.8. The number of halogens is 4. The highest BCUT2D eigenvalue weighted by Gasteiger charge is 2.26. The van der Waals surface area contributed by atoms with Crippen molar-refractivity contribution in [1.82, 2.24) is 10.6 Å². The van der Waals surface area contributed by atoms with Crippen LogP contribution in [-0.4, -0.2) is 45.5 Å². The molecule has 2 N–H and O–H groups in total. The average Bonchev–Trinajstić information content (AvgIpc) is 2.53. The Morgan fingerprint density at radius 1 is 1.20 bits per heavy atom. The molecule has 0 amide bonds. The minimum atomic E-state index is -4.20. The molecule has 0 unspecified atom stereocenters. The second-order valence-electron chi connectivity index (χ2n) is 4.92. The molecule has 0 aliphatic heterocycles. The Balaban J connectivity index is 0.00000576. The summed E-state index contributed by atoms with van der Waals surface area (Å²) in [5.74, 6) is 1.11. The maximum Gasteiger partial charge on any atom is 0.390 e. The molecule has 0 atom stereocenters. The molecule has 144 valence electrons. The first kappa shape index (κ1) is 23.8. The van der Waals surface area contributed by atoms with Gasteiger partial charge in [-0.05, 0) is 13.0 Å². The summed E-state index contributed by atoms with van der Waals surface area (Å²) in [4.78, 5) is 3.88. The first-order valence-electron chi connectivity index (χ1n) is 7.75. The second kappa shape index (κ2) is 13.0.